The average molecular weight is 469 g/mol. The van der Waals surface area contributed by atoms with Gasteiger partial charge in [-0.15, -0.1) is 0 Å². The number of nitrogens with one attached hydrogen (secondary N) is 1. The molecule has 0 radical (unpaired) electrons. The first-order valence-corrected chi connectivity index (χ1v) is 11.4. The second kappa shape index (κ2) is 10.3. The standard InChI is InChI=1S/C26H32N2O6/c1-25(2,3)34-23(31)26(27,22(29)30)14-8-9-15-28-24(32)33-16-21-19-12-6-4-10-17(19)18-11-5-7-13-20(18)21/h4-7,10-13,21H,8-9,14-16,27H2,1-3H3,(H,28,32)(H,29,30). The molecule has 3 rings (SSSR count). The number of unbranched alkanes of at least 4 members (excludes halogenated alkanes) is 1. The highest BCUT2D eigenvalue weighted by Crippen LogP contribution is 2.44. The number of carboxylic acids is 1. The molecule has 0 bridgehead atoms. The first-order chi connectivity index (χ1) is 16.0. The van der Waals surface area contributed by atoms with Crippen molar-refractivity contribution in [2.24, 2.45) is 5.73 Å². The fourth-order valence-electron chi connectivity index (χ4n) is 4.03. The number of carbonyl (C=O) groups excluding carboxylic acids is 2. The van der Waals surface area contributed by atoms with Crippen LogP contribution in [0, 0.1) is 0 Å². The minimum absolute atomic E-state index is 0.0274. The molecule has 0 heterocycles. The molecule has 8 heteroatoms. The lowest BCUT2D eigenvalue weighted by Gasteiger charge is -2.28. The Bertz CT molecular complexity index is 1020. The number of fused-ring (bicyclic) bond motifs is 3. The van der Waals surface area contributed by atoms with E-state index < -0.39 is 29.2 Å². The SMILES string of the molecule is CC(C)(C)OC(=O)C(N)(CCCCNC(=O)OCC1c2ccccc2-c2ccccc21)C(=O)O. The number of hydrogen-bond donors (Lipinski definition) is 3. The summed E-state index contributed by atoms with van der Waals surface area (Å²) in [5, 5.41) is 12.1. The van der Waals surface area contributed by atoms with E-state index in [1.54, 1.807) is 20.8 Å². The number of esters is 1. The summed E-state index contributed by atoms with van der Waals surface area (Å²) in [6.07, 6.45) is 0.0837. The van der Waals surface area contributed by atoms with Gasteiger partial charge in [-0.2, -0.15) is 0 Å². The third kappa shape index (κ3) is 5.75. The fraction of sp³-hybridized carbons (Fsp3) is 0.423. The summed E-state index contributed by atoms with van der Waals surface area (Å²) in [6, 6.07) is 16.2. The van der Waals surface area contributed by atoms with Crippen LogP contribution < -0.4 is 11.1 Å². The van der Waals surface area contributed by atoms with Gasteiger partial charge in [0.05, 0.1) is 0 Å². The van der Waals surface area contributed by atoms with Gasteiger partial charge in [0.15, 0.2) is 0 Å². The Morgan fingerprint density at radius 2 is 1.53 bits per heavy atom. The van der Waals surface area contributed by atoms with Crippen molar-refractivity contribution in [2.45, 2.75) is 57.1 Å². The van der Waals surface area contributed by atoms with Crippen molar-refractivity contribution in [3.8, 4) is 11.1 Å². The molecule has 8 nitrogen and oxygen atoms in total. The van der Waals surface area contributed by atoms with E-state index in [1.165, 1.54) is 0 Å². The highest BCUT2D eigenvalue weighted by molar-refractivity contribution is 6.03. The van der Waals surface area contributed by atoms with E-state index in [2.05, 4.69) is 17.4 Å². The third-order valence-corrected chi connectivity index (χ3v) is 5.76. The molecule has 1 atom stereocenters. The summed E-state index contributed by atoms with van der Waals surface area (Å²) in [4.78, 5) is 36.1. The predicted molar refractivity (Wildman–Crippen MR) is 127 cm³/mol. The number of amides is 1. The summed E-state index contributed by atoms with van der Waals surface area (Å²) in [7, 11) is 0. The number of benzene rings is 2. The molecule has 0 spiro atoms. The van der Waals surface area contributed by atoms with Crippen molar-refractivity contribution >= 4 is 18.0 Å². The first kappa shape index (κ1) is 25.2. The topological polar surface area (TPSA) is 128 Å². The number of nitrogens with two attached hydrogens (primary N) is 1. The maximum absolute atomic E-state index is 12.3. The van der Waals surface area contributed by atoms with Gasteiger partial charge in [0.2, 0.25) is 5.54 Å². The molecule has 0 aromatic heterocycles. The van der Waals surface area contributed by atoms with E-state index in [1.807, 2.05) is 36.4 Å². The van der Waals surface area contributed by atoms with Crippen molar-refractivity contribution in [1.82, 2.24) is 5.32 Å². The van der Waals surface area contributed by atoms with Crippen LogP contribution in [0.3, 0.4) is 0 Å². The van der Waals surface area contributed by atoms with E-state index in [9.17, 15) is 19.5 Å². The van der Waals surface area contributed by atoms with E-state index >= 15 is 0 Å². The van der Waals surface area contributed by atoms with Crippen LogP contribution in [0.5, 0.6) is 0 Å². The van der Waals surface area contributed by atoms with Gasteiger partial charge in [0.25, 0.3) is 0 Å². The highest BCUT2D eigenvalue weighted by Gasteiger charge is 2.44. The van der Waals surface area contributed by atoms with Crippen LogP contribution in [0.1, 0.15) is 57.1 Å². The average Bonchev–Trinajstić information content (AvgIpc) is 3.09. The molecule has 1 aliphatic carbocycles. The smallest absolute Gasteiger partial charge is 0.407 e. The lowest BCUT2D eigenvalue weighted by atomic mass is 9.93. The van der Waals surface area contributed by atoms with Crippen LogP contribution in [-0.4, -0.2) is 47.4 Å². The van der Waals surface area contributed by atoms with Crippen molar-refractivity contribution in [1.29, 1.82) is 0 Å². The van der Waals surface area contributed by atoms with Crippen molar-refractivity contribution in [3.63, 3.8) is 0 Å². The Labute approximate surface area is 199 Å². The molecule has 1 amide bonds. The number of carbonyl (C=O) groups is 3. The summed E-state index contributed by atoms with van der Waals surface area (Å²) in [6.45, 7) is 5.41. The van der Waals surface area contributed by atoms with Gasteiger partial charge >= 0.3 is 18.0 Å². The lowest BCUT2D eigenvalue weighted by molar-refractivity contribution is -0.169. The number of aliphatic carboxylic acids is 1. The van der Waals surface area contributed by atoms with Crippen LogP contribution >= 0.6 is 0 Å². The summed E-state index contributed by atoms with van der Waals surface area (Å²) >= 11 is 0. The molecule has 1 unspecified atom stereocenters. The summed E-state index contributed by atoms with van der Waals surface area (Å²) < 4.78 is 10.6. The Morgan fingerprint density at radius 1 is 0.971 bits per heavy atom. The zero-order chi connectivity index (χ0) is 24.9. The van der Waals surface area contributed by atoms with E-state index in [0.29, 0.717) is 12.8 Å². The molecule has 34 heavy (non-hydrogen) atoms. The normalized spacial score (nSPS) is 14.5. The molecular formula is C26H32N2O6. The molecule has 0 aliphatic heterocycles. The number of hydrogen-bond acceptors (Lipinski definition) is 6. The molecule has 1 aliphatic rings. The predicted octanol–water partition coefficient (Wildman–Crippen LogP) is 3.82. The van der Waals surface area contributed by atoms with Gasteiger partial charge in [-0.1, -0.05) is 48.5 Å². The van der Waals surface area contributed by atoms with Gasteiger partial charge < -0.3 is 25.6 Å². The Balaban J connectivity index is 1.46. The monoisotopic (exact) mass is 468 g/mol. The Morgan fingerprint density at radius 3 is 2.06 bits per heavy atom. The summed E-state index contributed by atoms with van der Waals surface area (Å²) in [5.41, 5.74) is 7.44. The van der Waals surface area contributed by atoms with E-state index in [4.69, 9.17) is 15.2 Å². The minimum atomic E-state index is -2.13. The third-order valence-electron chi connectivity index (χ3n) is 5.76. The maximum atomic E-state index is 12.3. The summed E-state index contributed by atoms with van der Waals surface area (Å²) in [5.74, 6) is -2.44. The van der Waals surface area contributed by atoms with Gasteiger partial charge in [-0.25, -0.2) is 14.4 Å². The number of rotatable bonds is 9. The molecule has 182 valence electrons. The van der Waals surface area contributed by atoms with Crippen LogP contribution in [0.15, 0.2) is 48.5 Å². The number of carboxylic acid groups (broad SMARTS) is 1. The molecule has 0 fully saturated rings. The highest BCUT2D eigenvalue weighted by atomic mass is 16.6. The van der Waals surface area contributed by atoms with Gasteiger partial charge in [-0.3, -0.25) is 0 Å². The second-order valence-electron chi connectivity index (χ2n) is 9.49. The zero-order valence-electron chi connectivity index (χ0n) is 19.8. The minimum Gasteiger partial charge on any atom is -0.479 e. The number of ether oxygens (including phenoxy) is 2. The van der Waals surface area contributed by atoms with Crippen LogP contribution in [0.2, 0.25) is 0 Å². The first-order valence-electron chi connectivity index (χ1n) is 11.4. The Kier molecular flexibility index (Phi) is 7.61. The van der Waals surface area contributed by atoms with Crippen LogP contribution in [0.25, 0.3) is 11.1 Å². The van der Waals surface area contributed by atoms with Gasteiger partial charge in [0, 0.05) is 12.5 Å². The van der Waals surface area contributed by atoms with Crippen molar-refractivity contribution < 1.29 is 29.0 Å². The zero-order valence-corrected chi connectivity index (χ0v) is 19.8. The molecule has 0 saturated heterocycles. The van der Waals surface area contributed by atoms with Crippen molar-refractivity contribution in [3.05, 3.63) is 59.7 Å². The second-order valence-corrected chi connectivity index (χ2v) is 9.49. The van der Waals surface area contributed by atoms with E-state index in [-0.39, 0.29) is 25.5 Å². The molecule has 4 N–H and O–H groups in total. The van der Waals surface area contributed by atoms with Crippen LogP contribution in [0.4, 0.5) is 4.79 Å². The fourth-order valence-corrected chi connectivity index (χ4v) is 4.03. The van der Waals surface area contributed by atoms with Crippen molar-refractivity contribution in [2.75, 3.05) is 13.2 Å². The molecule has 2 aromatic rings. The largest absolute Gasteiger partial charge is 0.479 e. The Hall–Kier alpha value is -3.39. The quantitative estimate of drug-likeness (QED) is 0.290. The van der Waals surface area contributed by atoms with Gasteiger partial charge in [0.1, 0.15) is 12.2 Å². The number of alkyl carbamates (subject to hydrolysis) is 1. The van der Waals surface area contributed by atoms with Crippen LogP contribution in [-0.2, 0) is 19.1 Å². The molecule has 2 aromatic carbocycles. The van der Waals surface area contributed by atoms with E-state index in [0.717, 1.165) is 22.3 Å². The van der Waals surface area contributed by atoms with Gasteiger partial charge in [-0.05, 0) is 62.3 Å². The maximum Gasteiger partial charge on any atom is 0.407 e. The molecule has 0 saturated carbocycles. The molecular weight excluding hydrogens is 436 g/mol. The lowest BCUT2D eigenvalue weighted by Crippen LogP contribution is -2.57.